The van der Waals surface area contributed by atoms with Crippen molar-refractivity contribution in [2.45, 2.75) is 90.5 Å². The summed E-state index contributed by atoms with van der Waals surface area (Å²) >= 11 is 0. The van der Waals surface area contributed by atoms with Crippen LogP contribution < -0.4 is 10.5 Å². The lowest BCUT2D eigenvalue weighted by molar-refractivity contribution is 0.202. The Labute approximate surface area is 194 Å². The summed E-state index contributed by atoms with van der Waals surface area (Å²) in [5.41, 5.74) is 6.06. The summed E-state index contributed by atoms with van der Waals surface area (Å²) in [6, 6.07) is 0. The Bertz CT molecular complexity index is 908. The van der Waals surface area contributed by atoms with E-state index >= 15 is 0 Å². The molecule has 4 nitrogen and oxygen atoms in total. The molecule has 3 aliphatic rings. The summed E-state index contributed by atoms with van der Waals surface area (Å²) in [6.07, 6.45) is 17.0. The second-order valence-corrected chi connectivity index (χ2v) is 13.0. The van der Waals surface area contributed by atoms with Crippen LogP contribution >= 0.6 is 0 Å². The Morgan fingerprint density at radius 2 is 2.06 bits per heavy atom. The van der Waals surface area contributed by atoms with Crippen LogP contribution in [-0.2, 0) is 10.0 Å². The number of nitrogens with two attached hydrogens (primary N) is 1. The quantitative estimate of drug-likeness (QED) is 0.346. The minimum absolute atomic E-state index is 0.0329. The van der Waals surface area contributed by atoms with Crippen molar-refractivity contribution >= 4 is 10.0 Å². The molecule has 0 heterocycles. The van der Waals surface area contributed by atoms with E-state index in [9.17, 15) is 12.8 Å². The lowest BCUT2D eigenvalue weighted by atomic mass is 9.66. The van der Waals surface area contributed by atoms with Crippen LogP contribution in [0.5, 0.6) is 0 Å². The normalized spacial score (nSPS) is 25.9. The third-order valence-corrected chi connectivity index (χ3v) is 9.41. The molecule has 0 spiro atoms. The monoisotopic (exact) mass is 464 g/mol. The van der Waals surface area contributed by atoms with Crippen LogP contribution in [0.1, 0.15) is 85.0 Å². The van der Waals surface area contributed by atoms with Crippen molar-refractivity contribution in [3.63, 3.8) is 0 Å². The predicted octanol–water partition coefficient (Wildman–Crippen LogP) is 6.04. The highest BCUT2D eigenvalue weighted by atomic mass is 32.2. The lowest BCUT2D eigenvalue weighted by Gasteiger charge is -2.44. The second kappa shape index (κ2) is 9.46. The van der Waals surface area contributed by atoms with Crippen molar-refractivity contribution < 1.29 is 12.8 Å². The molecule has 32 heavy (non-hydrogen) atoms. The molecule has 6 heteroatoms. The van der Waals surface area contributed by atoms with Gasteiger partial charge >= 0.3 is 0 Å². The molecule has 2 saturated carbocycles. The standard InChI is InChI=1S/C26H41FN2O2S/c1-20(28)18-26(14-7-15-26)13-5-6-17-32(30,31)29-24(2,3)25(4)16-12-23(27)22(19-25)11-10-21-8-9-21/h5,12-13,19,21,29H,1,6-11,14-18,28H2,2-4H3/b13-5+. The van der Waals surface area contributed by atoms with Gasteiger partial charge in [-0.1, -0.05) is 51.0 Å². The zero-order valence-corrected chi connectivity index (χ0v) is 20.9. The maximum atomic E-state index is 14.4. The fourth-order valence-electron chi connectivity index (χ4n) is 4.94. The number of hydrogen-bond acceptors (Lipinski definition) is 3. The van der Waals surface area contributed by atoms with Gasteiger partial charge in [0.1, 0.15) is 5.83 Å². The Morgan fingerprint density at radius 3 is 2.62 bits per heavy atom. The van der Waals surface area contributed by atoms with Gasteiger partial charge in [-0.25, -0.2) is 17.5 Å². The van der Waals surface area contributed by atoms with Crippen molar-refractivity contribution in [3.8, 4) is 0 Å². The summed E-state index contributed by atoms with van der Waals surface area (Å²) in [4.78, 5) is 0. The van der Waals surface area contributed by atoms with Gasteiger partial charge < -0.3 is 5.73 Å². The van der Waals surface area contributed by atoms with Gasteiger partial charge in [-0.15, -0.1) is 0 Å². The Hall–Kier alpha value is -1.40. The topological polar surface area (TPSA) is 72.2 Å². The summed E-state index contributed by atoms with van der Waals surface area (Å²) < 4.78 is 43.2. The number of nitrogens with one attached hydrogen (secondary N) is 1. The summed E-state index contributed by atoms with van der Waals surface area (Å²) in [7, 11) is -3.49. The Kier molecular flexibility index (Phi) is 7.45. The number of hydrogen-bond donors (Lipinski definition) is 2. The van der Waals surface area contributed by atoms with Crippen molar-refractivity contribution in [3.05, 3.63) is 48.0 Å². The first-order valence-corrected chi connectivity index (χ1v) is 13.7. The van der Waals surface area contributed by atoms with Gasteiger partial charge in [-0.2, -0.15) is 0 Å². The van der Waals surface area contributed by atoms with Crippen molar-refractivity contribution in [1.29, 1.82) is 0 Å². The maximum absolute atomic E-state index is 14.4. The van der Waals surface area contributed by atoms with Gasteiger partial charge in [-0.05, 0) is 81.8 Å². The third-order valence-electron chi connectivity index (χ3n) is 7.82. The average molecular weight is 465 g/mol. The zero-order valence-electron chi connectivity index (χ0n) is 20.1. The van der Waals surface area contributed by atoms with E-state index in [0.717, 1.165) is 43.6 Å². The Balaban J connectivity index is 1.60. The van der Waals surface area contributed by atoms with Crippen LogP contribution in [0.3, 0.4) is 0 Å². The molecule has 0 aromatic rings. The molecule has 0 aromatic heterocycles. The van der Waals surface area contributed by atoms with Crippen LogP contribution in [0.15, 0.2) is 48.0 Å². The van der Waals surface area contributed by atoms with Crippen molar-refractivity contribution in [2.75, 3.05) is 5.75 Å². The maximum Gasteiger partial charge on any atom is 0.212 e. The molecule has 180 valence electrons. The number of sulfonamides is 1. The summed E-state index contributed by atoms with van der Waals surface area (Å²) in [5.74, 6) is 0.626. The molecular formula is C26H41FN2O2S. The number of rotatable bonds is 12. The van der Waals surface area contributed by atoms with E-state index in [-0.39, 0.29) is 17.0 Å². The largest absolute Gasteiger partial charge is 0.402 e. The highest BCUT2D eigenvalue weighted by molar-refractivity contribution is 7.89. The highest BCUT2D eigenvalue weighted by Crippen LogP contribution is 2.47. The second-order valence-electron chi connectivity index (χ2n) is 11.1. The third kappa shape index (κ3) is 6.34. The van der Waals surface area contributed by atoms with Crippen LogP contribution in [0.25, 0.3) is 0 Å². The van der Waals surface area contributed by atoms with Crippen LogP contribution in [0.4, 0.5) is 4.39 Å². The highest BCUT2D eigenvalue weighted by Gasteiger charge is 2.43. The number of halogens is 1. The van der Waals surface area contributed by atoms with Gasteiger partial charge in [0.05, 0.1) is 5.75 Å². The smallest absolute Gasteiger partial charge is 0.212 e. The molecule has 1 atom stereocenters. The SMILES string of the molecule is C=C(N)CC1(/C=C/CCS(=O)(=O)NC(C)(C)C2(C)C=C(CCC3CC3)C(F)=CC2)CCC1. The summed E-state index contributed by atoms with van der Waals surface area (Å²) in [5, 5.41) is 0. The van der Waals surface area contributed by atoms with Gasteiger partial charge in [0, 0.05) is 16.7 Å². The Morgan fingerprint density at radius 1 is 1.38 bits per heavy atom. The van der Waals surface area contributed by atoms with E-state index in [4.69, 9.17) is 5.73 Å². The molecule has 0 bridgehead atoms. The van der Waals surface area contributed by atoms with Crippen LogP contribution in [-0.4, -0.2) is 19.7 Å². The first-order valence-electron chi connectivity index (χ1n) is 12.1. The van der Waals surface area contributed by atoms with E-state index in [0.29, 0.717) is 18.5 Å². The lowest BCUT2D eigenvalue weighted by Crippen LogP contribution is -2.55. The zero-order chi connectivity index (χ0) is 23.6. The van der Waals surface area contributed by atoms with E-state index in [1.807, 2.05) is 32.9 Å². The molecule has 2 fully saturated rings. The van der Waals surface area contributed by atoms with Gasteiger partial charge in [0.25, 0.3) is 0 Å². The molecule has 0 radical (unpaired) electrons. The molecule has 1 unspecified atom stereocenters. The minimum atomic E-state index is -3.49. The van der Waals surface area contributed by atoms with Gasteiger partial charge in [0.2, 0.25) is 10.0 Å². The number of allylic oxidation sites excluding steroid dienone is 6. The minimum Gasteiger partial charge on any atom is -0.402 e. The average Bonchev–Trinajstić information content (AvgIpc) is 3.47. The van der Waals surface area contributed by atoms with E-state index < -0.39 is 21.0 Å². The van der Waals surface area contributed by atoms with Crippen LogP contribution in [0.2, 0.25) is 0 Å². The molecule has 3 rings (SSSR count). The summed E-state index contributed by atoms with van der Waals surface area (Å²) in [6.45, 7) is 9.65. The molecule has 0 aromatic carbocycles. The van der Waals surface area contributed by atoms with Crippen LogP contribution in [0, 0.1) is 16.7 Å². The fourth-order valence-corrected chi connectivity index (χ4v) is 6.50. The van der Waals surface area contributed by atoms with Crippen molar-refractivity contribution in [1.82, 2.24) is 4.72 Å². The van der Waals surface area contributed by atoms with Crippen molar-refractivity contribution in [2.24, 2.45) is 22.5 Å². The first-order chi connectivity index (χ1) is 14.9. The molecular weight excluding hydrogens is 423 g/mol. The molecule has 0 amide bonds. The van der Waals surface area contributed by atoms with Gasteiger partial charge in [0.15, 0.2) is 0 Å². The predicted molar refractivity (Wildman–Crippen MR) is 131 cm³/mol. The van der Waals surface area contributed by atoms with E-state index in [1.54, 1.807) is 6.08 Å². The molecule has 0 saturated heterocycles. The fraction of sp³-hybridized carbons (Fsp3) is 0.692. The van der Waals surface area contributed by atoms with E-state index in [2.05, 4.69) is 17.4 Å². The molecule has 0 aliphatic heterocycles. The first kappa shape index (κ1) is 25.2. The van der Waals surface area contributed by atoms with E-state index in [1.165, 1.54) is 19.3 Å². The molecule has 3 aliphatic carbocycles. The van der Waals surface area contributed by atoms with Gasteiger partial charge in [-0.3, -0.25) is 0 Å². The molecule has 3 N–H and O–H groups in total.